The molecule has 0 amide bonds. The second kappa shape index (κ2) is 3.75. The van der Waals surface area contributed by atoms with Gasteiger partial charge in [-0.25, -0.2) is 8.42 Å². The number of hydrazine groups is 1. The van der Waals surface area contributed by atoms with Gasteiger partial charge in [-0.15, -0.1) is 4.83 Å². The van der Waals surface area contributed by atoms with E-state index >= 15 is 0 Å². The Kier molecular flexibility index (Phi) is 2.89. The SMILES string of the molecule is CCS(=O)(=O)NNC1=CC(=O)CN1. The summed E-state index contributed by atoms with van der Waals surface area (Å²) in [6.07, 6.45) is 1.30. The Bertz CT molecular complexity index is 333. The van der Waals surface area contributed by atoms with E-state index in [4.69, 9.17) is 0 Å². The van der Waals surface area contributed by atoms with Crippen LogP contribution in [0.4, 0.5) is 0 Å². The van der Waals surface area contributed by atoms with Crippen LogP contribution in [0.25, 0.3) is 0 Å². The highest BCUT2D eigenvalue weighted by Crippen LogP contribution is 1.92. The first-order chi connectivity index (χ1) is 6.03. The third-order valence-corrected chi connectivity index (χ3v) is 2.65. The summed E-state index contributed by atoms with van der Waals surface area (Å²) in [5.74, 6) is 0.279. The Morgan fingerprint density at radius 3 is 2.77 bits per heavy atom. The van der Waals surface area contributed by atoms with Crippen LogP contribution in [0.15, 0.2) is 11.9 Å². The van der Waals surface area contributed by atoms with Crippen molar-refractivity contribution in [3.8, 4) is 0 Å². The minimum atomic E-state index is -3.28. The number of rotatable bonds is 4. The molecule has 0 fully saturated rings. The van der Waals surface area contributed by atoms with Crippen molar-refractivity contribution in [3.05, 3.63) is 11.9 Å². The first-order valence-corrected chi connectivity index (χ1v) is 5.42. The Balaban J connectivity index is 2.44. The monoisotopic (exact) mass is 205 g/mol. The number of hydrogen-bond acceptors (Lipinski definition) is 5. The number of carbonyl (C=O) groups is 1. The number of nitrogens with one attached hydrogen (secondary N) is 3. The van der Waals surface area contributed by atoms with Crippen LogP contribution in [0, 0.1) is 0 Å². The Labute approximate surface area is 76.4 Å². The summed E-state index contributed by atoms with van der Waals surface area (Å²) in [5.41, 5.74) is 2.39. The molecule has 1 aliphatic rings. The molecule has 0 bridgehead atoms. The minimum absolute atomic E-state index is 0.0127. The molecule has 0 unspecified atom stereocenters. The molecule has 0 aliphatic carbocycles. The molecule has 0 aromatic heterocycles. The van der Waals surface area contributed by atoms with Crippen LogP contribution in [0.2, 0.25) is 0 Å². The molecular formula is C6H11N3O3S. The summed E-state index contributed by atoms with van der Waals surface area (Å²) in [5, 5.41) is 2.68. The smallest absolute Gasteiger partial charge is 0.228 e. The van der Waals surface area contributed by atoms with E-state index in [1.807, 2.05) is 0 Å². The number of sulfonamides is 1. The second-order valence-corrected chi connectivity index (χ2v) is 4.52. The molecule has 0 radical (unpaired) electrons. The molecule has 6 nitrogen and oxygen atoms in total. The van der Waals surface area contributed by atoms with Gasteiger partial charge in [0.25, 0.3) is 0 Å². The average molecular weight is 205 g/mol. The molecule has 0 aromatic carbocycles. The highest BCUT2D eigenvalue weighted by molar-refractivity contribution is 7.89. The lowest BCUT2D eigenvalue weighted by atomic mass is 10.4. The maximum absolute atomic E-state index is 10.9. The molecule has 0 saturated heterocycles. The maximum Gasteiger partial charge on any atom is 0.228 e. The third kappa shape index (κ3) is 3.03. The lowest BCUT2D eigenvalue weighted by Gasteiger charge is -2.08. The van der Waals surface area contributed by atoms with Gasteiger partial charge in [0.05, 0.1) is 12.3 Å². The lowest BCUT2D eigenvalue weighted by molar-refractivity contribution is -0.113. The summed E-state index contributed by atoms with van der Waals surface area (Å²) in [6.45, 7) is 1.72. The standard InChI is InChI=1S/C6H11N3O3S/c1-2-13(11,12)9-8-6-3-5(10)4-7-6/h3,7-9H,2,4H2,1H3. The van der Waals surface area contributed by atoms with E-state index in [9.17, 15) is 13.2 Å². The molecule has 1 heterocycles. The molecule has 3 N–H and O–H groups in total. The van der Waals surface area contributed by atoms with E-state index in [0.717, 1.165) is 0 Å². The quantitative estimate of drug-likeness (QED) is 0.483. The Morgan fingerprint density at radius 2 is 2.31 bits per heavy atom. The zero-order valence-electron chi connectivity index (χ0n) is 7.12. The lowest BCUT2D eigenvalue weighted by Crippen LogP contribution is -2.40. The van der Waals surface area contributed by atoms with Crippen molar-refractivity contribution in [1.29, 1.82) is 0 Å². The molecule has 0 spiro atoms. The van der Waals surface area contributed by atoms with Crippen molar-refractivity contribution in [1.82, 2.24) is 15.6 Å². The third-order valence-electron chi connectivity index (χ3n) is 1.48. The van der Waals surface area contributed by atoms with Crippen molar-refractivity contribution in [2.24, 2.45) is 0 Å². The summed E-state index contributed by atoms with van der Waals surface area (Å²) >= 11 is 0. The normalized spacial score (nSPS) is 16.7. The minimum Gasteiger partial charge on any atom is -0.363 e. The van der Waals surface area contributed by atoms with Gasteiger partial charge in [0.15, 0.2) is 5.78 Å². The van der Waals surface area contributed by atoms with E-state index in [0.29, 0.717) is 5.82 Å². The highest BCUT2D eigenvalue weighted by atomic mass is 32.2. The van der Waals surface area contributed by atoms with Crippen LogP contribution in [-0.2, 0) is 14.8 Å². The van der Waals surface area contributed by atoms with Gasteiger partial charge in [-0.3, -0.25) is 10.2 Å². The first kappa shape index (κ1) is 10.0. The van der Waals surface area contributed by atoms with Gasteiger partial charge in [0.1, 0.15) is 5.82 Å². The zero-order chi connectivity index (χ0) is 9.90. The van der Waals surface area contributed by atoms with Crippen molar-refractivity contribution in [2.75, 3.05) is 12.3 Å². The van der Waals surface area contributed by atoms with Crippen LogP contribution in [0.1, 0.15) is 6.92 Å². The Morgan fingerprint density at radius 1 is 1.62 bits per heavy atom. The van der Waals surface area contributed by atoms with Crippen LogP contribution < -0.4 is 15.6 Å². The van der Waals surface area contributed by atoms with Crippen LogP contribution in [-0.4, -0.2) is 26.5 Å². The van der Waals surface area contributed by atoms with E-state index in [2.05, 4.69) is 15.6 Å². The molecular weight excluding hydrogens is 194 g/mol. The van der Waals surface area contributed by atoms with Crippen molar-refractivity contribution >= 4 is 15.8 Å². The van der Waals surface area contributed by atoms with E-state index in [-0.39, 0.29) is 18.1 Å². The van der Waals surface area contributed by atoms with Gasteiger partial charge in [-0.1, -0.05) is 0 Å². The van der Waals surface area contributed by atoms with Gasteiger partial charge < -0.3 is 5.32 Å². The van der Waals surface area contributed by atoms with Gasteiger partial charge in [-0.2, -0.15) is 0 Å². The molecule has 0 saturated carbocycles. The molecule has 7 heteroatoms. The molecule has 1 aliphatic heterocycles. The predicted molar refractivity (Wildman–Crippen MR) is 46.8 cm³/mol. The van der Waals surface area contributed by atoms with Crippen LogP contribution in [0.3, 0.4) is 0 Å². The summed E-state index contributed by atoms with van der Waals surface area (Å²) in [7, 11) is -3.28. The number of carbonyl (C=O) groups excluding carboxylic acids is 1. The van der Waals surface area contributed by atoms with Gasteiger partial charge in [-0.05, 0) is 6.92 Å². The van der Waals surface area contributed by atoms with Gasteiger partial charge in [0, 0.05) is 6.08 Å². The highest BCUT2D eigenvalue weighted by Gasteiger charge is 2.12. The number of ketones is 1. The topological polar surface area (TPSA) is 87.3 Å². The molecule has 0 atom stereocenters. The fourth-order valence-electron chi connectivity index (χ4n) is 0.731. The predicted octanol–water partition coefficient (Wildman–Crippen LogP) is -1.56. The number of hydrogen-bond donors (Lipinski definition) is 3. The first-order valence-electron chi connectivity index (χ1n) is 3.77. The van der Waals surface area contributed by atoms with E-state index < -0.39 is 10.0 Å². The van der Waals surface area contributed by atoms with Crippen LogP contribution >= 0.6 is 0 Å². The van der Waals surface area contributed by atoms with E-state index in [1.54, 1.807) is 0 Å². The molecule has 1 rings (SSSR count). The molecule has 74 valence electrons. The zero-order valence-corrected chi connectivity index (χ0v) is 7.94. The van der Waals surface area contributed by atoms with Crippen molar-refractivity contribution in [2.45, 2.75) is 6.92 Å². The maximum atomic E-state index is 10.9. The average Bonchev–Trinajstić information content (AvgIpc) is 2.48. The van der Waals surface area contributed by atoms with Crippen LogP contribution in [0.5, 0.6) is 0 Å². The van der Waals surface area contributed by atoms with Crippen molar-refractivity contribution in [3.63, 3.8) is 0 Å². The fourth-order valence-corrected chi connectivity index (χ4v) is 1.14. The summed E-state index contributed by atoms with van der Waals surface area (Å²) < 4.78 is 21.8. The largest absolute Gasteiger partial charge is 0.363 e. The van der Waals surface area contributed by atoms with E-state index in [1.165, 1.54) is 13.0 Å². The Hall–Kier alpha value is -1.08. The second-order valence-electron chi connectivity index (χ2n) is 2.51. The summed E-state index contributed by atoms with van der Waals surface area (Å²) in [6, 6.07) is 0. The van der Waals surface area contributed by atoms with Gasteiger partial charge in [0.2, 0.25) is 10.0 Å². The molecule has 13 heavy (non-hydrogen) atoms. The molecule has 0 aromatic rings. The van der Waals surface area contributed by atoms with Crippen molar-refractivity contribution < 1.29 is 13.2 Å². The fraction of sp³-hybridized carbons (Fsp3) is 0.500. The summed E-state index contributed by atoms with van der Waals surface area (Å²) in [4.78, 5) is 12.8. The van der Waals surface area contributed by atoms with Gasteiger partial charge >= 0.3 is 0 Å².